The van der Waals surface area contributed by atoms with Crippen LogP contribution >= 0.6 is 11.6 Å². The molecule has 0 radical (unpaired) electrons. The predicted molar refractivity (Wildman–Crippen MR) is 146 cm³/mol. The molecule has 4 heterocycles. The van der Waals surface area contributed by atoms with Gasteiger partial charge in [0, 0.05) is 49.9 Å². The zero-order chi connectivity index (χ0) is 26.1. The van der Waals surface area contributed by atoms with Crippen LogP contribution < -0.4 is 5.32 Å². The van der Waals surface area contributed by atoms with Gasteiger partial charge in [-0.05, 0) is 64.2 Å². The Balaban J connectivity index is 1.26. The smallest absolute Gasteiger partial charge is 0.326 e. The van der Waals surface area contributed by atoms with Crippen LogP contribution in [0.3, 0.4) is 0 Å². The van der Waals surface area contributed by atoms with E-state index in [1.165, 1.54) is 11.1 Å². The number of hydrogen-bond acceptors (Lipinski definition) is 5. The Hall–Kier alpha value is -3.96. The zero-order valence-electron chi connectivity index (χ0n) is 20.8. The molecule has 2 aliphatic heterocycles. The van der Waals surface area contributed by atoms with Crippen LogP contribution in [0, 0.1) is 11.3 Å². The van der Waals surface area contributed by atoms with Crippen LogP contribution in [0.2, 0.25) is 5.15 Å². The molecule has 1 N–H and O–H groups in total. The van der Waals surface area contributed by atoms with E-state index in [1.54, 1.807) is 12.3 Å². The minimum absolute atomic E-state index is 0.141. The summed E-state index contributed by atoms with van der Waals surface area (Å²) in [5, 5.41) is 13.6. The molecule has 0 spiro atoms. The number of fused-ring (bicyclic) bond motifs is 4. The van der Waals surface area contributed by atoms with Crippen molar-refractivity contribution in [1.29, 1.82) is 5.26 Å². The Morgan fingerprint density at radius 1 is 1.16 bits per heavy atom. The third-order valence-corrected chi connectivity index (χ3v) is 7.42. The number of hydrogen-bond donors (Lipinski definition) is 1. The predicted octanol–water partition coefficient (Wildman–Crippen LogP) is 5.42. The third-order valence-electron chi connectivity index (χ3n) is 7.22. The van der Waals surface area contributed by atoms with Crippen LogP contribution in [0.4, 0.5) is 4.79 Å². The maximum absolute atomic E-state index is 13.5. The van der Waals surface area contributed by atoms with Crippen LogP contribution in [0.15, 0.2) is 60.8 Å². The van der Waals surface area contributed by atoms with Crippen LogP contribution in [0.1, 0.15) is 39.1 Å². The lowest BCUT2D eigenvalue weighted by molar-refractivity contribution is 0.134. The van der Waals surface area contributed by atoms with E-state index in [2.05, 4.69) is 45.6 Å². The van der Waals surface area contributed by atoms with Gasteiger partial charge in [0.25, 0.3) is 0 Å². The summed E-state index contributed by atoms with van der Waals surface area (Å²) in [7, 11) is 0. The number of benzene rings is 2. The Labute approximate surface area is 225 Å². The van der Waals surface area contributed by atoms with E-state index < -0.39 is 0 Å². The van der Waals surface area contributed by atoms with E-state index in [1.807, 2.05) is 34.9 Å². The molecule has 6 rings (SSSR count). The van der Waals surface area contributed by atoms with E-state index in [4.69, 9.17) is 21.6 Å². The topological polar surface area (TPSA) is 83.2 Å². The highest BCUT2D eigenvalue weighted by Crippen LogP contribution is 2.35. The van der Waals surface area contributed by atoms with E-state index in [0.29, 0.717) is 30.5 Å². The van der Waals surface area contributed by atoms with Crippen molar-refractivity contribution in [2.24, 2.45) is 0 Å². The lowest BCUT2D eigenvalue weighted by Crippen LogP contribution is -2.34. The fraction of sp³-hybridized carbons (Fsp3) is 0.233. The van der Waals surface area contributed by atoms with Crippen molar-refractivity contribution in [3.05, 3.63) is 105 Å². The summed E-state index contributed by atoms with van der Waals surface area (Å²) < 4.78 is 7.54. The molecule has 1 amide bonds. The Morgan fingerprint density at radius 3 is 2.76 bits per heavy atom. The molecule has 0 bridgehead atoms. The number of aromatic nitrogens is 2. The van der Waals surface area contributed by atoms with Gasteiger partial charge < -0.3 is 10.1 Å². The van der Waals surface area contributed by atoms with Crippen molar-refractivity contribution in [3.8, 4) is 6.07 Å². The second kappa shape index (κ2) is 10.4. The van der Waals surface area contributed by atoms with Crippen molar-refractivity contribution in [3.63, 3.8) is 0 Å². The first-order chi connectivity index (χ1) is 18.6. The molecule has 190 valence electrons. The van der Waals surface area contributed by atoms with Gasteiger partial charge >= 0.3 is 6.03 Å². The summed E-state index contributed by atoms with van der Waals surface area (Å²) >= 11 is 6.02. The summed E-state index contributed by atoms with van der Waals surface area (Å²) in [4.78, 5) is 19.9. The van der Waals surface area contributed by atoms with Gasteiger partial charge in [0.15, 0.2) is 0 Å². The molecule has 0 saturated carbocycles. The molecule has 7 nitrogen and oxygen atoms in total. The Morgan fingerprint density at radius 2 is 1.97 bits per heavy atom. The second-order valence-corrected chi connectivity index (χ2v) is 10.0. The maximum atomic E-state index is 13.5. The summed E-state index contributed by atoms with van der Waals surface area (Å²) in [5.74, 6) is 0. The molecule has 8 heteroatoms. The first-order valence-electron chi connectivity index (χ1n) is 12.6. The standard InChI is InChI=1S/C30H26ClN5O2/c31-29-12-22(7-9-33-29)16-34-30(37)36-27-8-11-35(10-1-2-20-3-5-21(15-32)6-4-20)17-26(27)25-13-23-18-38-19-24(23)14-28(25)36/h1-7,9,12-14H,8,10-11,16-19H2,(H,34,37). The van der Waals surface area contributed by atoms with Gasteiger partial charge in [-0.25, -0.2) is 9.78 Å². The van der Waals surface area contributed by atoms with Crippen LogP contribution in [-0.2, 0) is 37.5 Å². The number of pyridine rings is 1. The number of nitrogens with one attached hydrogen (secondary N) is 1. The minimum atomic E-state index is -0.141. The van der Waals surface area contributed by atoms with E-state index in [-0.39, 0.29) is 6.03 Å². The molecule has 2 aromatic heterocycles. The normalized spacial score (nSPS) is 14.9. The van der Waals surface area contributed by atoms with E-state index >= 15 is 0 Å². The Kier molecular flexibility index (Phi) is 6.69. The maximum Gasteiger partial charge on any atom is 0.326 e. The number of rotatable bonds is 5. The number of nitrogens with zero attached hydrogens (tertiary/aromatic N) is 4. The third kappa shape index (κ3) is 4.82. The average molecular weight is 524 g/mol. The van der Waals surface area contributed by atoms with Gasteiger partial charge in [-0.3, -0.25) is 9.47 Å². The van der Waals surface area contributed by atoms with Gasteiger partial charge in [0.1, 0.15) is 5.15 Å². The van der Waals surface area contributed by atoms with Crippen molar-refractivity contribution >= 4 is 34.6 Å². The lowest BCUT2D eigenvalue weighted by atomic mass is 10.0. The number of carbonyl (C=O) groups is 1. The number of amides is 1. The molecular weight excluding hydrogens is 498 g/mol. The SMILES string of the molecule is N#Cc1ccc(C=CCN2CCc3c(c4cc5c(cc4n3C(=O)NCc3ccnc(Cl)c3)COC5)C2)cc1. The molecule has 0 fully saturated rings. The monoisotopic (exact) mass is 523 g/mol. The van der Waals surface area contributed by atoms with Gasteiger partial charge in [0.2, 0.25) is 0 Å². The average Bonchev–Trinajstić information content (AvgIpc) is 3.52. The zero-order valence-corrected chi connectivity index (χ0v) is 21.5. The molecule has 38 heavy (non-hydrogen) atoms. The van der Waals surface area contributed by atoms with Gasteiger partial charge in [-0.15, -0.1) is 0 Å². The molecule has 4 aromatic rings. The second-order valence-electron chi connectivity index (χ2n) is 9.66. The van der Waals surface area contributed by atoms with E-state index in [0.717, 1.165) is 59.3 Å². The molecule has 0 aliphatic carbocycles. The highest BCUT2D eigenvalue weighted by atomic mass is 35.5. The molecule has 0 atom stereocenters. The van der Waals surface area contributed by atoms with Crippen molar-refractivity contribution in [2.45, 2.75) is 32.7 Å². The minimum Gasteiger partial charge on any atom is -0.372 e. The van der Waals surface area contributed by atoms with Crippen LogP contribution in [0.5, 0.6) is 0 Å². The molecule has 2 aliphatic rings. The first-order valence-corrected chi connectivity index (χ1v) is 13.0. The number of ether oxygens (including phenoxy) is 1. The van der Waals surface area contributed by atoms with Crippen LogP contribution in [0.25, 0.3) is 17.0 Å². The summed E-state index contributed by atoms with van der Waals surface area (Å²) in [5.41, 5.74) is 8.18. The summed E-state index contributed by atoms with van der Waals surface area (Å²) in [6.07, 6.45) is 6.67. The fourth-order valence-electron chi connectivity index (χ4n) is 5.29. The van der Waals surface area contributed by atoms with Crippen LogP contribution in [-0.4, -0.2) is 33.6 Å². The highest BCUT2D eigenvalue weighted by molar-refractivity contribution is 6.29. The number of carbonyl (C=O) groups excluding carboxylic acids is 1. The molecule has 0 unspecified atom stereocenters. The largest absolute Gasteiger partial charge is 0.372 e. The van der Waals surface area contributed by atoms with Crippen molar-refractivity contribution in [1.82, 2.24) is 19.8 Å². The highest BCUT2D eigenvalue weighted by Gasteiger charge is 2.28. The molecular formula is C30H26ClN5O2. The molecule has 0 saturated heterocycles. The van der Waals surface area contributed by atoms with E-state index in [9.17, 15) is 4.79 Å². The summed E-state index contributed by atoms with van der Waals surface area (Å²) in [6.45, 7) is 3.98. The Bertz CT molecular complexity index is 1600. The summed E-state index contributed by atoms with van der Waals surface area (Å²) in [6, 6.07) is 17.5. The fourth-order valence-corrected chi connectivity index (χ4v) is 5.48. The quantitative estimate of drug-likeness (QED) is 0.353. The van der Waals surface area contributed by atoms with Gasteiger partial charge in [0.05, 0.1) is 30.4 Å². The molecule has 2 aromatic carbocycles. The van der Waals surface area contributed by atoms with Crippen molar-refractivity contribution < 1.29 is 9.53 Å². The number of halogens is 1. The van der Waals surface area contributed by atoms with Crippen molar-refractivity contribution in [2.75, 3.05) is 13.1 Å². The van der Waals surface area contributed by atoms with Gasteiger partial charge in [-0.1, -0.05) is 35.9 Å². The first kappa shape index (κ1) is 24.4. The lowest BCUT2D eigenvalue weighted by Gasteiger charge is -2.27. The van der Waals surface area contributed by atoms with Gasteiger partial charge in [-0.2, -0.15) is 5.26 Å². The number of nitriles is 1.